The van der Waals surface area contributed by atoms with E-state index in [1.807, 2.05) is 37.3 Å². The molecule has 4 nitrogen and oxygen atoms in total. The zero-order chi connectivity index (χ0) is 18.1. The first-order chi connectivity index (χ1) is 12.0. The number of alkyl halides is 3. The number of benzene rings is 1. The molecule has 0 atom stereocenters. The van der Waals surface area contributed by atoms with E-state index in [0.717, 1.165) is 22.5 Å². The maximum Gasteiger partial charge on any atom is 0.434 e. The van der Waals surface area contributed by atoms with E-state index in [0.29, 0.717) is 24.1 Å². The van der Waals surface area contributed by atoms with Gasteiger partial charge in [-0.05, 0) is 19.1 Å². The van der Waals surface area contributed by atoms with Gasteiger partial charge < -0.3 is 10.6 Å². The molecule has 0 amide bonds. The normalized spacial score (nSPS) is 11.8. The van der Waals surface area contributed by atoms with Crippen molar-refractivity contribution >= 4 is 53.0 Å². The molecule has 1 aromatic heterocycles. The van der Waals surface area contributed by atoms with Gasteiger partial charge in [0, 0.05) is 29.1 Å². The van der Waals surface area contributed by atoms with Crippen LogP contribution < -0.4 is 10.6 Å². The monoisotopic (exact) mass is 516 g/mol. The second-order valence-corrected chi connectivity index (χ2v) is 7.02. The van der Waals surface area contributed by atoms with E-state index in [9.17, 15) is 13.2 Å². The summed E-state index contributed by atoms with van der Waals surface area (Å²) < 4.78 is 37.6. The average molecular weight is 516 g/mol. The zero-order valence-corrected chi connectivity index (χ0v) is 18.0. The maximum atomic E-state index is 12.5. The van der Waals surface area contributed by atoms with E-state index in [1.165, 1.54) is 4.90 Å². The Morgan fingerprint density at radius 1 is 1.23 bits per heavy atom. The van der Waals surface area contributed by atoms with Gasteiger partial charge in [-0.3, -0.25) is 0 Å². The Labute approximate surface area is 176 Å². The Kier molecular flexibility index (Phi) is 10.3. The third kappa shape index (κ3) is 8.12. The molecule has 0 fully saturated rings. The highest BCUT2D eigenvalue weighted by atomic mass is 127. The van der Waals surface area contributed by atoms with Crippen LogP contribution in [0, 0.1) is 0 Å². The second-order valence-electron chi connectivity index (χ2n) is 4.91. The molecule has 1 aromatic carbocycles. The van der Waals surface area contributed by atoms with Crippen molar-refractivity contribution in [2.24, 2.45) is 4.99 Å². The third-order valence-electron chi connectivity index (χ3n) is 2.97. The number of hydrogen-bond donors (Lipinski definition) is 2. The van der Waals surface area contributed by atoms with Crippen LogP contribution in [0.15, 0.2) is 45.6 Å². The van der Waals surface area contributed by atoms with Crippen LogP contribution in [0.1, 0.15) is 17.6 Å². The lowest BCUT2D eigenvalue weighted by atomic mass is 10.4. The highest BCUT2D eigenvalue weighted by Gasteiger charge is 2.33. The van der Waals surface area contributed by atoms with Crippen molar-refractivity contribution < 1.29 is 13.2 Å². The number of aliphatic imine (C=N–C) groups is 1. The van der Waals surface area contributed by atoms with Gasteiger partial charge in [0.05, 0.1) is 6.54 Å². The van der Waals surface area contributed by atoms with Crippen molar-refractivity contribution in [2.75, 3.05) is 18.8 Å². The van der Waals surface area contributed by atoms with Gasteiger partial charge in [-0.25, -0.2) is 9.98 Å². The molecule has 10 heteroatoms. The van der Waals surface area contributed by atoms with Crippen molar-refractivity contribution in [3.63, 3.8) is 0 Å². The number of aromatic nitrogens is 1. The van der Waals surface area contributed by atoms with Crippen molar-refractivity contribution in [3.8, 4) is 0 Å². The van der Waals surface area contributed by atoms with E-state index in [1.54, 1.807) is 11.8 Å². The molecule has 0 radical (unpaired) electrons. The number of nitrogens with one attached hydrogen (secondary N) is 2. The lowest BCUT2D eigenvalue weighted by Crippen LogP contribution is -2.38. The number of hydrogen-bond acceptors (Lipinski definition) is 4. The van der Waals surface area contributed by atoms with Crippen molar-refractivity contribution in [1.29, 1.82) is 0 Å². The number of rotatable bonds is 7. The van der Waals surface area contributed by atoms with E-state index < -0.39 is 11.9 Å². The van der Waals surface area contributed by atoms with Crippen LogP contribution in [0.2, 0.25) is 0 Å². The lowest BCUT2D eigenvalue weighted by molar-refractivity contribution is -0.140. The number of thiazole rings is 1. The summed E-state index contributed by atoms with van der Waals surface area (Å²) in [5.41, 5.74) is -0.861. The van der Waals surface area contributed by atoms with E-state index in [-0.39, 0.29) is 30.5 Å². The topological polar surface area (TPSA) is 49.3 Å². The molecule has 0 aliphatic heterocycles. The minimum absolute atomic E-state index is 0. The second kappa shape index (κ2) is 11.7. The van der Waals surface area contributed by atoms with Crippen LogP contribution in [0.25, 0.3) is 0 Å². The van der Waals surface area contributed by atoms with Crippen LogP contribution in [-0.4, -0.2) is 29.8 Å². The smallest absolute Gasteiger partial charge is 0.357 e. The van der Waals surface area contributed by atoms with Gasteiger partial charge in [0.15, 0.2) is 11.7 Å². The Morgan fingerprint density at radius 2 is 1.96 bits per heavy atom. The number of nitrogens with zero attached hydrogens (tertiary/aromatic N) is 2. The van der Waals surface area contributed by atoms with Gasteiger partial charge in [-0.2, -0.15) is 13.2 Å². The van der Waals surface area contributed by atoms with Gasteiger partial charge in [-0.15, -0.1) is 47.1 Å². The molecule has 0 aliphatic rings. The molecule has 0 saturated heterocycles. The van der Waals surface area contributed by atoms with E-state index in [4.69, 9.17) is 0 Å². The molecule has 26 heavy (non-hydrogen) atoms. The van der Waals surface area contributed by atoms with Crippen LogP contribution in [0.4, 0.5) is 13.2 Å². The predicted molar refractivity (Wildman–Crippen MR) is 113 cm³/mol. The van der Waals surface area contributed by atoms with Crippen LogP contribution in [0.5, 0.6) is 0 Å². The molecular formula is C16H20F3IN4S2. The molecule has 2 N–H and O–H groups in total. The predicted octanol–water partition coefficient (Wildman–Crippen LogP) is 4.63. The first-order valence-corrected chi connectivity index (χ1v) is 9.57. The molecule has 144 valence electrons. The highest BCUT2D eigenvalue weighted by molar-refractivity contribution is 14.0. The standard InChI is InChI=1S/C16H19F3N4S2.HI/c1-2-20-15(21-8-9-24-12-6-4-3-5-7-12)22-10-14-23-13(11-25-14)16(17,18)19;/h3-7,11H,2,8-10H2,1H3,(H2,20,21,22);1H. The van der Waals surface area contributed by atoms with Crippen molar-refractivity contribution in [2.45, 2.75) is 24.5 Å². The fourth-order valence-corrected chi connectivity index (χ4v) is 3.37. The molecule has 0 unspecified atom stereocenters. The number of guanidine groups is 1. The minimum Gasteiger partial charge on any atom is -0.357 e. The van der Waals surface area contributed by atoms with E-state index >= 15 is 0 Å². The minimum atomic E-state index is -4.41. The zero-order valence-electron chi connectivity index (χ0n) is 14.0. The average Bonchev–Trinajstić information content (AvgIpc) is 3.07. The summed E-state index contributed by atoms with van der Waals surface area (Å²) in [5, 5.41) is 7.60. The van der Waals surface area contributed by atoms with Crippen LogP contribution >= 0.6 is 47.1 Å². The van der Waals surface area contributed by atoms with Crippen LogP contribution in [-0.2, 0) is 12.7 Å². The Morgan fingerprint density at radius 3 is 2.58 bits per heavy atom. The molecule has 1 heterocycles. The summed E-state index contributed by atoms with van der Waals surface area (Å²) in [7, 11) is 0. The molecule has 0 aliphatic carbocycles. The molecule has 0 saturated carbocycles. The quantitative estimate of drug-likeness (QED) is 0.185. The summed E-state index contributed by atoms with van der Waals surface area (Å²) in [6.07, 6.45) is -4.41. The van der Waals surface area contributed by atoms with Gasteiger partial charge in [0.25, 0.3) is 0 Å². The van der Waals surface area contributed by atoms with Crippen molar-refractivity contribution in [3.05, 3.63) is 46.4 Å². The van der Waals surface area contributed by atoms with E-state index in [2.05, 4.69) is 20.6 Å². The summed E-state index contributed by atoms with van der Waals surface area (Å²) in [4.78, 5) is 9.05. The van der Waals surface area contributed by atoms with Crippen LogP contribution in [0.3, 0.4) is 0 Å². The van der Waals surface area contributed by atoms with Gasteiger partial charge in [-0.1, -0.05) is 18.2 Å². The Bertz CT molecular complexity index is 678. The maximum absolute atomic E-state index is 12.5. The molecule has 2 rings (SSSR count). The largest absolute Gasteiger partial charge is 0.434 e. The molecular weight excluding hydrogens is 496 g/mol. The Balaban J connectivity index is 0.00000338. The summed E-state index contributed by atoms with van der Waals surface area (Å²) in [5.74, 6) is 1.42. The highest BCUT2D eigenvalue weighted by Crippen LogP contribution is 2.30. The summed E-state index contributed by atoms with van der Waals surface area (Å²) in [6.45, 7) is 3.41. The molecule has 2 aromatic rings. The number of thioether (sulfide) groups is 1. The third-order valence-corrected chi connectivity index (χ3v) is 4.81. The van der Waals surface area contributed by atoms with Gasteiger partial charge in [0.1, 0.15) is 5.01 Å². The Hall–Kier alpha value is -1.01. The first kappa shape index (κ1) is 23.0. The number of halogens is 4. The fraction of sp³-hybridized carbons (Fsp3) is 0.375. The van der Waals surface area contributed by atoms with Gasteiger partial charge >= 0.3 is 6.18 Å². The van der Waals surface area contributed by atoms with Crippen molar-refractivity contribution in [1.82, 2.24) is 15.6 Å². The summed E-state index contributed by atoms with van der Waals surface area (Å²) >= 11 is 2.68. The lowest BCUT2D eigenvalue weighted by Gasteiger charge is -2.10. The molecule has 0 bridgehead atoms. The fourth-order valence-electron chi connectivity index (χ4n) is 1.86. The SMILES string of the molecule is CCNC(=NCc1nc(C(F)(F)F)cs1)NCCSc1ccccc1.I. The first-order valence-electron chi connectivity index (χ1n) is 7.70. The molecule has 0 spiro atoms. The van der Waals surface area contributed by atoms with Gasteiger partial charge in [0.2, 0.25) is 0 Å². The summed E-state index contributed by atoms with van der Waals surface area (Å²) in [6, 6.07) is 10.0.